The summed E-state index contributed by atoms with van der Waals surface area (Å²) >= 11 is 3.40. The first-order chi connectivity index (χ1) is 11.9. The number of fused-ring (bicyclic) bond motifs is 1. The van der Waals surface area contributed by atoms with Gasteiger partial charge in [-0.2, -0.15) is 0 Å². The zero-order valence-electron chi connectivity index (χ0n) is 13.9. The van der Waals surface area contributed by atoms with E-state index in [4.69, 9.17) is 5.11 Å². The Morgan fingerprint density at radius 3 is 2.48 bits per heavy atom. The molecule has 3 rings (SSSR count). The van der Waals surface area contributed by atoms with Crippen molar-refractivity contribution < 1.29 is 19.8 Å². The van der Waals surface area contributed by atoms with Crippen molar-refractivity contribution in [1.82, 2.24) is 14.4 Å². The van der Waals surface area contributed by atoms with Crippen LogP contribution in [0.4, 0.5) is 0 Å². The molecule has 0 bridgehead atoms. The smallest absolute Gasteiger partial charge is 0.325 e. The summed E-state index contributed by atoms with van der Waals surface area (Å²) in [4.78, 5) is 27.3. The van der Waals surface area contributed by atoms with Gasteiger partial charge in [0.2, 0.25) is 0 Å². The highest BCUT2D eigenvalue weighted by Gasteiger charge is 2.32. The Labute approximate surface area is 153 Å². The lowest BCUT2D eigenvalue weighted by atomic mass is 10.0. The van der Waals surface area contributed by atoms with Gasteiger partial charge < -0.3 is 19.7 Å². The highest BCUT2D eigenvalue weighted by molar-refractivity contribution is 9.10. The van der Waals surface area contributed by atoms with E-state index in [0.29, 0.717) is 24.2 Å². The lowest BCUT2D eigenvalue weighted by Crippen LogP contribution is -2.47. The fourth-order valence-corrected chi connectivity index (χ4v) is 3.70. The summed E-state index contributed by atoms with van der Waals surface area (Å²) in [5.74, 6) is -1.88. The number of likely N-dealkylation sites (N-methyl/N-ethyl adjacent to an activating group) is 1. The molecule has 2 heterocycles. The van der Waals surface area contributed by atoms with Crippen LogP contribution in [0.25, 0.3) is 10.9 Å². The number of halogens is 1. The second-order valence-corrected chi connectivity index (χ2v) is 7.26. The Bertz CT molecular complexity index is 812. The first-order valence-corrected chi connectivity index (χ1v) is 8.81. The quantitative estimate of drug-likeness (QED) is 0.783. The molecule has 0 aliphatic carbocycles. The molecule has 1 saturated heterocycles. The standard InChI is InChI=1S/C17H20BrN3O4/c1-19-4-6-20(7-5-19)16(17(24)25)13-9-21(10-15(22)23)14-8-11(18)2-3-12(13)14/h2-3,8-9,16H,4-7,10H2,1H3,(H,22,23)(H,24,25). The first kappa shape index (κ1) is 17.9. The number of carboxylic acids is 2. The van der Waals surface area contributed by atoms with E-state index in [9.17, 15) is 14.7 Å². The Balaban J connectivity index is 2.08. The number of hydrogen-bond acceptors (Lipinski definition) is 4. The van der Waals surface area contributed by atoms with Crippen LogP contribution in [0.1, 0.15) is 11.6 Å². The molecular weight excluding hydrogens is 390 g/mol. The van der Waals surface area contributed by atoms with Gasteiger partial charge in [0, 0.05) is 47.8 Å². The van der Waals surface area contributed by atoms with Gasteiger partial charge in [-0.15, -0.1) is 0 Å². The molecule has 2 aromatic rings. The van der Waals surface area contributed by atoms with Crippen molar-refractivity contribution in [3.05, 3.63) is 34.4 Å². The van der Waals surface area contributed by atoms with E-state index >= 15 is 0 Å². The molecule has 0 spiro atoms. The molecule has 7 nitrogen and oxygen atoms in total. The molecular formula is C17H20BrN3O4. The molecule has 1 aliphatic heterocycles. The normalized spacial score (nSPS) is 17.7. The first-order valence-electron chi connectivity index (χ1n) is 8.02. The Hall–Kier alpha value is -1.90. The minimum Gasteiger partial charge on any atom is -0.480 e. The molecule has 1 atom stereocenters. The molecule has 134 valence electrons. The molecule has 25 heavy (non-hydrogen) atoms. The summed E-state index contributed by atoms with van der Waals surface area (Å²) in [7, 11) is 2.02. The Morgan fingerprint density at radius 2 is 1.88 bits per heavy atom. The summed E-state index contributed by atoms with van der Waals surface area (Å²) in [6.45, 7) is 2.74. The summed E-state index contributed by atoms with van der Waals surface area (Å²) in [5, 5.41) is 19.8. The minimum absolute atomic E-state index is 0.206. The monoisotopic (exact) mass is 409 g/mol. The van der Waals surface area contributed by atoms with E-state index in [0.717, 1.165) is 22.9 Å². The average Bonchev–Trinajstić information content (AvgIpc) is 2.86. The predicted octanol–water partition coefficient (Wildman–Crippen LogP) is 1.86. The molecule has 0 amide bonds. The van der Waals surface area contributed by atoms with Crippen LogP contribution in [0, 0.1) is 0 Å². The second kappa shape index (κ2) is 7.15. The number of aromatic nitrogens is 1. The maximum absolute atomic E-state index is 12.0. The highest BCUT2D eigenvalue weighted by atomic mass is 79.9. The summed E-state index contributed by atoms with van der Waals surface area (Å²) in [6.07, 6.45) is 1.67. The van der Waals surface area contributed by atoms with E-state index in [1.807, 2.05) is 30.1 Å². The molecule has 8 heteroatoms. The number of carboxylic acid groups (broad SMARTS) is 2. The predicted molar refractivity (Wildman–Crippen MR) is 96.7 cm³/mol. The van der Waals surface area contributed by atoms with Gasteiger partial charge in [-0.05, 0) is 19.2 Å². The fraction of sp³-hybridized carbons (Fsp3) is 0.412. The van der Waals surface area contributed by atoms with Gasteiger partial charge in [0.15, 0.2) is 0 Å². The van der Waals surface area contributed by atoms with Crippen molar-refractivity contribution in [2.24, 2.45) is 0 Å². The molecule has 1 unspecified atom stereocenters. The lowest BCUT2D eigenvalue weighted by molar-refractivity contribution is -0.144. The van der Waals surface area contributed by atoms with Crippen molar-refractivity contribution in [2.75, 3.05) is 33.2 Å². The van der Waals surface area contributed by atoms with Crippen molar-refractivity contribution in [3.63, 3.8) is 0 Å². The summed E-state index contributed by atoms with van der Waals surface area (Å²) in [6, 6.07) is 4.73. The molecule has 1 aromatic heterocycles. The van der Waals surface area contributed by atoms with Gasteiger partial charge in [-0.3, -0.25) is 14.5 Å². The minimum atomic E-state index is -0.963. The van der Waals surface area contributed by atoms with Crippen LogP contribution in [-0.4, -0.2) is 69.7 Å². The van der Waals surface area contributed by atoms with E-state index in [1.54, 1.807) is 10.8 Å². The Morgan fingerprint density at radius 1 is 1.20 bits per heavy atom. The zero-order chi connectivity index (χ0) is 18.1. The summed E-state index contributed by atoms with van der Waals surface area (Å²) < 4.78 is 2.42. The van der Waals surface area contributed by atoms with Crippen LogP contribution < -0.4 is 0 Å². The van der Waals surface area contributed by atoms with Crippen LogP contribution in [0.15, 0.2) is 28.9 Å². The van der Waals surface area contributed by atoms with Crippen LogP contribution in [0.3, 0.4) is 0 Å². The van der Waals surface area contributed by atoms with Gasteiger partial charge in [0.05, 0.1) is 5.52 Å². The van der Waals surface area contributed by atoms with Crippen LogP contribution in [0.5, 0.6) is 0 Å². The molecule has 0 radical (unpaired) electrons. The molecule has 1 aromatic carbocycles. The molecule has 1 aliphatic rings. The van der Waals surface area contributed by atoms with Crippen molar-refractivity contribution in [1.29, 1.82) is 0 Å². The van der Waals surface area contributed by atoms with Crippen LogP contribution in [-0.2, 0) is 16.1 Å². The second-order valence-electron chi connectivity index (χ2n) is 6.35. The van der Waals surface area contributed by atoms with E-state index < -0.39 is 18.0 Å². The lowest BCUT2D eigenvalue weighted by Gasteiger charge is -2.36. The third-order valence-electron chi connectivity index (χ3n) is 4.61. The average molecular weight is 410 g/mol. The number of piperazine rings is 1. The molecule has 1 fully saturated rings. The van der Waals surface area contributed by atoms with Gasteiger partial charge >= 0.3 is 11.9 Å². The SMILES string of the molecule is CN1CCN(C(C(=O)O)c2cn(CC(=O)O)c3cc(Br)ccc23)CC1. The van der Waals surface area contributed by atoms with Gasteiger partial charge in [-0.25, -0.2) is 0 Å². The third-order valence-corrected chi connectivity index (χ3v) is 5.11. The van der Waals surface area contributed by atoms with Crippen molar-refractivity contribution in [3.8, 4) is 0 Å². The number of rotatable bonds is 5. The maximum atomic E-state index is 12.0. The number of nitrogens with zero attached hydrogens (tertiary/aromatic N) is 3. The van der Waals surface area contributed by atoms with Gasteiger partial charge in [0.25, 0.3) is 0 Å². The summed E-state index contributed by atoms with van der Waals surface area (Å²) in [5.41, 5.74) is 1.35. The third kappa shape index (κ3) is 3.70. The number of hydrogen-bond donors (Lipinski definition) is 2. The van der Waals surface area contributed by atoms with Crippen molar-refractivity contribution in [2.45, 2.75) is 12.6 Å². The van der Waals surface area contributed by atoms with Crippen LogP contribution in [0.2, 0.25) is 0 Å². The topological polar surface area (TPSA) is 86.0 Å². The molecule has 2 N–H and O–H groups in total. The highest BCUT2D eigenvalue weighted by Crippen LogP contribution is 2.32. The fourth-order valence-electron chi connectivity index (χ4n) is 3.35. The number of carbonyl (C=O) groups is 2. The maximum Gasteiger partial charge on any atom is 0.325 e. The number of benzene rings is 1. The molecule has 0 saturated carbocycles. The zero-order valence-corrected chi connectivity index (χ0v) is 15.4. The van der Waals surface area contributed by atoms with Crippen LogP contribution >= 0.6 is 15.9 Å². The number of aliphatic carboxylic acids is 2. The Kier molecular flexibility index (Phi) is 5.12. The van der Waals surface area contributed by atoms with E-state index in [1.165, 1.54) is 0 Å². The van der Waals surface area contributed by atoms with E-state index in [-0.39, 0.29) is 6.54 Å². The van der Waals surface area contributed by atoms with Gasteiger partial charge in [0.1, 0.15) is 12.6 Å². The van der Waals surface area contributed by atoms with Crippen molar-refractivity contribution >= 4 is 38.8 Å². The largest absolute Gasteiger partial charge is 0.480 e. The van der Waals surface area contributed by atoms with Gasteiger partial charge in [-0.1, -0.05) is 22.0 Å². The van der Waals surface area contributed by atoms with E-state index in [2.05, 4.69) is 20.8 Å².